The van der Waals surface area contributed by atoms with Crippen molar-refractivity contribution in [3.05, 3.63) is 56.3 Å². The fourth-order valence-corrected chi connectivity index (χ4v) is 5.20. The molecule has 0 saturated heterocycles. The van der Waals surface area contributed by atoms with E-state index >= 15 is 0 Å². The Balaban J connectivity index is 2.61. The van der Waals surface area contributed by atoms with E-state index in [9.17, 15) is 22.0 Å². The zero-order valence-corrected chi connectivity index (χ0v) is 15.4. The Bertz CT molecular complexity index is 777. The maximum atomic E-state index is 14.0. The van der Waals surface area contributed by atoms with Crippen molar-refractivity contribution in [1.29, 1.82) is 0 Å². The van der Waals surface area contributed by atoms with Crippen molar-refractivity contribution >= 4 is 48.3 Å². The first-order valence-corrected chi connectivity index (χ1v) is 10.4. The van der Waals surface area contributed by atoms with E-state index in [1.807, 2.05) is 0 Å². The van der Waals surface area contributed by atoms with Gasteiger partial charge in [0.2, 0.25) is 5.82 Å². The zero-order valence-electron chi connectivity index (χ0n) is 12.1. The van der Waals surface area contributed by atoms with Crippen molar-refractivity contribution in [1.82, 2.24) is 0 Å². The Morgan fingerprint density at radius 1 is 0.750 bits per heavy atom. The summed E-state index contributed by atoms with van der Waals surface area (Å²) in [6.45, 7) is 2.49. The van der Waals surface area contributed by atoms with Crippen LogP contribution in [0.2, 0.25) is 28.2 Å². The maximum absolute atomic E-state index is 14.0. The first-order valence-electron chi connectivity index (χ1n) is 6.32. The van der Waals surface area contributed by atoms with Gasteiger partial charge in [-0.05, 0) is 25.2 Å². The van der Waals surface area contributed by atoms with E-state index in [0.29, 0.717) is 0 Å². The Kier molecular flexibility index (Phi) is 5.39. The van der Waals surface area contributed by atoms with Crippen LogP contribution in [0.15, 0.2) is 12.1 Å². The van der Waals surface area contributed by atoms with E-state index in [-0.39, 0.29) is 20.8 Å². The van der Waals surface area contributed by atoms with Crippen LogP contribution in [0, 0.1) is 29.1 Å². The third-order valence-electron chi connectivity index (χ3n) is 3.13. The van der Waals surface area contributed by atoms with Gasteiger partial charge in [-0.25, -0.2) is 22.0 Å². The van der Waals surface area contributed by atoms with Crippen molar-refractivity contribution in [2.45, 2.75) is 13.1 Å². The van der Waals surface area contributed by atoms with Gasteiger partial charge < -0.3 is 4.43 Å². The fraction of sp³-hybridized carbons (Fsp3) is 0.143. The predicted molar refractivity (Wildman–Crippen MR) is 85.4 cm³/mol. The molecule has 0 atom stereocenters. The minimum absolute atomic E-state index is 0.0584. The number of benzene rings is 2. The molecule has 0 fully saturated rings. The summed E-state index contributed by atoms with van der Waals surface area (Å²) in [7, 11) is -3.68. The highest BCUT2D eigenvalue weighted by atomic mass is 35.5. The summed E-state index contributed by atoms with van der Waals surface area (Å²) >= 11 is 17.6. The van der Waals surface area contributed by atoms with E-state index < -0.39 is 42.6 Å². The average molecular weight is 422 g/mol. The van der Waals surface area contributed by atoms with Gasteiger partial charge in [0, 0.05) is 5.02 Å². The quantitative estimate of drug-likeness (QED) is 0.262. The molecule has 0 aliphatic heterocycles. The van der Waals surface area contributed by atoms with E-state index in [0.717, 1.165) is 0 Å². The second-order valence-corrected chi connectivity index (χ2v) is 10.2. The van der Waals surface area contributed by atoms with Crippen LogP contribution in [-0.4, -0.2) is 8.32 Å². The summed E-state index contributed by atoms with van der Waals surface area (Å²) in [4.78, 5) is 0. The Morgan fingerprint density at radius 2 is 1.12 bits per heavy atom. The highest BCUT2D eigenvalue weighted by Crippen LogP contribution is 2.37. The van der Waals surface area contributed by atoms with Crippen LogP contribution in [0.4, 0.5) is 22.0 Å². The van der Waals surface area contributed by atoms with E-state index in [4.69, 9.17) is 39.2 Å². The zero-order chi connectivity index (χ0) is 18.4. The third kappa shape index (κ3) is 3.35. The van der Waals surface area contributed by atoms with Gasteiger partial charge in [0.05, 0.1) is 15.2 Å². The molecule has 0 bridgehead atoms. The molecule has 2 rings (SSSR count). The SMILES string of the molecule is C[Si](C)(Oc1c(Cl)cc(Cl)cc1Cl)c1c(F)c(F)c(F)c(F)c1F. The lowest BCUT2D eigenvalue weighted by Gasteiger charge is -2.27. The van der Waals surface area contributed by atoms with Crippen molar-refractivity contribution in [2.24, 2.45) is 0 Å². The summed E-state index contributed by atoms with van der Waals surface area (Å²) in [5.74, 6) is -10.3. The topological polar surface area (TPSA) is 9.23 Å². The molecule has 0 aliphatic carbocycles. The van der Waals surface area contributed by atoms with Gasteiger partial charge in [-0.15, -0.1) is 0 Å². The summed E-state index contributed by atoms with van der Waals surface area (Å²) in [5.41, 5.74) is 0. The minimum atomic E-state index is -3.68. The average Bonchev–Trinajstić information content (AvgIpc) is 2.47. The monoisotopic (exact) mass is 420 g/mol. The largest absolute Gasteiger partial charge is 0.537 e. The van der Waals surface area contributed by atoms with Crippen LogP contribution in [-0.2, 0) is 0 Å². The lowest BCUT2D eigenvalue weighted by atomic mass is 10.3. The van der Waals surface area contributed by atoms with Gasteiger partial charge in [0.25, 0.3) is 8.32 Å². The molecule has 0 aromatic heterocycles. The van der Waals surface area contributed by atoms with Crippen LogP contribution in [0.3, 0.4) is 0 Å². The van der Waals surface area contributed by atoms with Gasteiger partial charge in [0.1, 0.15) is 5.75 Å². The summed E-state index contributed by atoms with van der Waals surface area (Å²) in [5, 5.41) is -0.942. The minimum Gasteiger partial charge on any atom is -0.537 e. The van der Waals surface area contributed by atoms with Crippen LogP contribution < -0.4 is 9.61 Å². The standard InChI is InChI=1S/C14H8Cl3F5OSi/c1-24(2,23-13-6(16)3-5(15)4-7(13)17)14-11(21)9(19)8(18)10(20)12(14)22/h3-4H,1-2H3. The molecule has 2 aromatic carbocycles. The van der Waals surface area contributed by atoms with Crippen LogP contribution >= 0.6 is 34.8 Å². The van der Waals surface area contributed by atoms with Gasteiger partial charge in [-0.2, -0.15) is 0 Å². The van der Waals surface area contributed by atoms with Gasteiger partial charge >= 0.3 is 0 Å². The molecule has 2 aromatic rings. The fourth-order valence-electron chi connectivity index (χ4n) is 2.07. The lowest BCUT2D eigenvalue weighted by molar-refractivity contribution is 0.382. The van der Waals surface area contributed by atoms with Crippen LogP contribution in [0.25, 0.3) is 0 Å². The Labute approximate surface area is 150 Å². The molecule has 0 radical (unpaired) electrons. The second-order valence-electron chi connectivity index (χ2n) is 5.26. The van der Waals surface area contributed by atoms with Crippen molar-refractivity contribution in [3.8, 4) is 5.75 Å². The van der Waals surface area contributed by atoms with Gasteiger partial charge in [0.15, 0.2) is 23.3 Å². The molecule has 0 spiro atoms. The molecule has 0 aliphatic rings. The summed E-state index contributed by atoms with van der Waals surface area (Å²) in [6.07, 6.45) is 0. The number of halogens is 8. The predicted octanol–water partition coefficient (Wildman–Crippen LogP) is 5.83. The summed E-state index contributed by atoms with van der Waals surface area (Å²) in [6, 6.07) is 2.54. The highest BCUT2D eigenvalue weighted by Gasteiger charge is 2.40. The van der Waals surface area contributed by atoms with Crippen molar-refractivity contribution in [2.75, 3.05) is 0 Å². The first kappa shape index (κ1) is 19.3. The molecule has 0 amide bonds. The van der Waals surface area contributed by atoms with Crippen LogP contribution in [0.5, 0.6) is 5.75 Å². The Morgan fingerprint density at radius 3 is 1.54 bits per heavy atom. The second kappa shape index (κ2) is 6.71. The molecular weight excluding hydrogens is 414 g/mol. The molecule has 0 N–H and O–H groups in total. The summed E-state index contributed by atoms with van der Waals surface area (Å²) < 4.78 is 73.5. The molecule has 0 heterocycles. The highest BCUT2D eigenvalue weighted by molar-refractivity contribution is 6.85. The number of hydrogen-bond acceptors (Lipinski definition) is 1. The first-order chi connectivity index (χ1) is 11.0. The molecule has 0 saturated carbocycles. The Hall–Kier alpha value is -1.02. The van der Waals surface area contributed by atoms with E-state index in [2.05, 4.69) is 0 Å². The maximum Gasteiger partial charge on any atom is 0.283 e. The van der Waals surface area contributed by atoms with Crippen LogP contribution in [0.1, 0.15) is 0 Å². The molecule has 0 unspecified atom stereocenters. The van der Waals surface area contributed by atoms with E-state index in [1.165, 1.54) is 25.2 Å². The van der Waals surface area contributed by atoms with Gasteiger partial charge in [-0.3, -0.25) is 0 Å². The van der Waals surface area contributed by atoms with Crippen molar-refractivity contribution in [3.63, 3.8) is 0 Å². The number of hydrogen-bond donors (Lipinski definition) is 0. The molecule has 24 heavy (non-hydrogen) atoms. The smallest absolute Gasteiger partial charge is 0.283 e. The molecule has 10 heteroatoms. The van der Waals surface area contributed by atoms with Crippen molar-refractivity contribution < 1.29 is 26.4 Å². The lowest BCUT2D eigenvalue weighted by Crippen LogP contribution is -2.52. The molecule has 1 nitrogen and oxygen atoms in total. The normalized spacial score (nSPS) is 11.8. The molecule has 130 valence electrons. The third-order valence-corrected chi connectivity index (χ3v) is 6.27. The van der Waals surface area contributed by atoms with E-state index in [1.54, 1.807) is 0 Å². The number of rotatable bonds is 3. The van der Waals surface area contributed by atoms with Gasteiger partial charge in [-0.1, -0.05) is 34.8 Å². The molecular formula is C14H8Cl3F5OSi.